The molecule has 2 heterocycles. The molecule has 17 heavy (non-hydrogen) atoms. The first-order valence-corrected chi connectivity index (χ1v) is 7.39. The van der Waals surface area contributed by atoms with E-state index in [1.165, 1.54) is 0 Å². The normalized spacial score (nSPS) is 18.1. The Morgan fingerprint density at radius 2 is 2.24 bits per heavy atom. The zero-order chi connectivity index (χ0) is 12.1. The number of halogens is 1. The van der Waals surface area contributed by atoms with Crippen LogP contribution >= 0.6 is 22.9 Å². The standard InChI is InChI=1S/C12H17ClN2OS/c13-3-6-14-4-1-5-15(8-7-14)12(16)11-2-9-17-10-11/h2,9-10H,1,3-8H2. The summed E-state index contributed by atoms with van der Waals surface area (Å²) in [4.78, 5) is 16.4. The van der Waals surface area contributed by atoms with E-state index in [-0.39, 0.29) is 5.91 Å². The Balaban J connectivity index is 1.92. The molecule has 0 unspecified atom stereocenters. The molecule has 0 spiro atoms. The molecule has 0 aliphatic carbocycles. The number of hydrogen-bond acceptors (Lipinski definition) is 3. The van der Waals surface area contributed by atoms with Crippen molar-refractivity contribution in [3.05, 3.63) is 22.4 Å². The SMILES string of the molecule is O=C(c1ccsc1)N1CCCN(CCCl)CC1. The van der Waals surface area contributed by atoms with Gasteiger partial charge in [0.25, 0.3) is 5.91 Å². The van der Waals surface area contributed by atoms with Crippen molar-refractivity contribution < 1.29 is 4.79 Å². The third-order valence-corrected chi connectivity index (χ3v) is 3.90. The van der Waals surface area contributed by atoms with E-state index in [0.717, 1.165) is 44.7 Å². The average Bonchev–Trinajstić information content (AvgIpc) is 2.76. The van der Waals surface area contributed by atoms with E-state index in [2.05, 4.69) is 4.90 Å². The van der Waals surface area contributed by atoms with Crippen LogP contribution in [0.2, 0.25) is 0 Å². The smallest absolute Gasteiger partial charge is 0.254 e. The average molecular weight is 273 g/mol. The predicted molar refractivity (Wildman–Crippen MR) is 72.0 cm³/mol. The molecule has 1 aliphatic rings. The Morgan fingerprint density at radius 3 is 2.94 bits per heavy atom. The second kappa shape index (κ2) is 6.38. The van der Waals surface area contributed by atoms with Crippen molar-refractivity contribution in [1.82, 2.24) is 9.80 Å². The monoisotopic (exact) mass is 272 g/mol. The highest BCUT2D eigenvalue weighted by atomic mass is 35.5. The Morgan fingerprint density at radius 1 is 1.35 bits per heavy atom. The van der Waals surface area contributed by atoms with Gasteiger partial charge in [0.2, 0.25) is 0 Å². The zero-order valence-corrected chi connectivity index (χ0v) is 11.3. The van der Waals surface area contributed by atoms with Gasteiger partial charge in [0.1, 0.15) is 0 Å². The second-order valence-electron chi connectivity index (χ2n) is 4.19. The largest absolute Gasteiger partial charge is 0.337 e. The molecular formula is C12H17ClN2OS. The lowest BCUT2D eigenvalue weighted by molar-refractivity contribution is 0.0762. The minimum absolute atomic E-state index is 0.166. The van der Waals surface area contributed by atoms with Crippen LogP contribution in [0.25, 0.3) is 0 Å². The number of rotatable bonds is 3. The van der Waals surface area contributed by atoms with Crippen molar-refractivity contribution in [2.75, 3.05) is 38.6 Å². The van der Waals surface area contributed by atoms with Crippen LogP contribution in [0, 0.1) is 0 Å². The highest BCUT2D eigenvalue weighted by Crippen LogP contribution is 2.12. The predicted octanol–water partition coefficient (Wildman–Crippen LogP) is 2.13. The first kappa shape index (κ1) is 12.9. The van der Waals surface area contributed by atoms with Gasteiger partial charge in [0, 0.05) is 37.4 Å². The third kappa shape index (κ3) is 3.44. The second-order valence-corrected chi connectivity index (χ2v) is 5.35. The van der Waals surface area contributed by atoms with Crippen LogP contribution in [-0.4, -0.2) is 54.3 Å². The Hall–Kier alpha value is -0.580. The maximum absolute atomic E-state index is 12.2. The molecule has 1 aromatic rings. The summed E-state index contributed by atoms with van der Waals surface area (Å²) in [6.07, 6.45) is 1.03. The van der Waals surface area contributed by atoms with Crippen LogP contribution in [0.1, 0.15) is 16.8 Å². The summed E-state index contributed by atoms with van der Waals surface area (Å²) in [5.74, 6) is 0.831. The van der Waals surface area contributed by atoms with Crippen LogP contribution in [0.5, 0.6) is 0 Å². The molecule has 2 rings (SSSR count). The lowest BCUT2D eigenvalue weighted by Crippen LogP contribution is -2.35. The third-order valence-electron chi connectivity index (χ3n) is 3.04. The van der Waals surface area contributed by atoms with Crippen LogP contribution in [0.4, 0.5) is 0 Å². The van der Waals surface area contributed by atoms with Crippen LogP contribution in [-0.2, 0) is 0 Å². The first-order valence-electron chi connectivity index (χ1n) is 5.91. The molecule has 0 aromatic carbocycles. The summed E-state index contributed by atoms with van der Waals surface area (Å²) >= 11 is 7.32. The van der Waals surface area contributed by atoms with Crippen molar-refractivity contribution in [1.29, 1.82) is 0 Å². The lowest BCUT2D eigenvalue weighted by atomic mass is 10.3. The Labute approximate surface area is 111 Å². The summed E-state index contributed by atoms with van der Waals surface area (Å²) in [5.41, 5.74) is 0.820. The fraction of sp³-hybridized carbons (Fsp3) is 0.583. The van der Waals surface area contributed by atoms with E-state index in [9.17, 15) is 4.79 Å². The maximum atomic E-state index is 12.2. The molecule has 1 saturated heterocycles. The van der Waals surface area contributed by atoms with Crippen molar-refractivity contribution >= 4 is 28.8 Å². The van der Waals surface area contributed by atoms with Crippen LogP contribution in [0.15, 0.2) is 16.8 Å². The number of hydrogen-bond donors (Lipinski definition) is 0. The Kier molecular flexibility index (Phi) is 4.83. The molecule has 94 valence electrons. The van der Waals surface area contributed by atoms with Crippen molar-refractivity contribution in [2.24, 2.45) is 0 Å². The molecule has 0 bridgehead atoms. The van der Waals surface area contributed by atoms with Gasteiger partial charge in [-0.1, -0.05) is 0 Å². The van der Waals surface area contributed by atoms with Gasteiger partial charge in [-0.15, -0.1) is 11.6 Å². The lowest BCUT2D eigenvalue weighted by Gasteiger charge is -2.21. The molecule has 1 aliphatic heterocycles. The van der Waals surface area contributed by atoms with Crippen LogP contribution in [0.3, 0.4) is 0 Å². The fourth-order valence-electron chi connectivity index (χ4n) is 2.09. The number of amides is 1. The molecule has 1 aromatic heterocycles. The molecular weight excluding hydrogens is 256 g/mol. The number of alkyl halides is 1. The number of thiophene rings is 1. The highest BCUT2D eigenvalue weighted by Gasteiger charge is 2.19. The number of carbonyl (C=O) groups is 1. The summed E-state index contributed by atoms with van der Waals surface area (Å²) in [5, 5.41) is 3.87. The summed E-state index contributed by atoms with van der Waals surface area (Å²) in [7, 11) is 0. The zero-order valence-electron chi connectivity index (χ0n) is 9.77. The molecule has 0 atom stereocenters. The highest BCUT2D eigenvalue weighted by molar-refractivity contribution is 7.08. The summed E-state index contributed by atoms with van der Waals surface area (Å²) in [6, 6.07) is 1.90. The molecule has 5 heteroatoms. The number of nitrogens with zero attached hydrogens (tertiary/aromatic N) is 2. The molecule has 1 fully saturated rings. The van der Waals surface area contributed by atoms with E-state index in [1.54, 1.807) is 11.3 Å². The molecule has 0 saturated carbocycles. The van der Waals surface area contributed by atoms with Gasteiger partial charge in [-0.05, 0) is 24.4 Å². The van der Waals surface area contributed by atoms with Crippen molar-refractivity contribution in [3.8, 4) is 0 Å². The summed E-state index contributed by atoms with van der Waals surface area (Å²) in [6.45, 7) is 4.56. The van der Waals surface area contributed by atoms with E-state index >= 15 is 0 Å². The molecule has 1 amide bonds. The minimum Gasteiger partial charge on any atom is -0.337 e. The van der Waals surface area contributed by atoms with Gasteiger partial charge in [0.05, 0.1) is 5.56 Å². The van der Waals surface area contributed by atoms with Gasteiger partial charge in [-0.25, -0.2) is 0 Å². The van der Waals surface area contributed by atoms with Gasteiger partial charge >= 0.3 is 0 Å². The van der Waals surface area contributed by atoms with Gasteiger partial charge in [-0.3, -0.25) is 4.79 Å². The van der Waals surface area contributed by atoms with E-state index in [0.29, 0.717) is 5.88 Å². The van der Waals surface area contributed by atoms with Crippen molar-refractivity contribution in [3.63, 3.8) is 0 Å². The quantitative estimate of drug-likeness (QED) is 0.787. The number of carbonyl (C=O) groups excluding carboxylic acids is 1. The first-order chi connectivity index (χ1) is 8.31. The van der Waals surface area contributed by atoms with E-state index in [1.807, 2.05) is 21.7 Å². The van der Waals surface area contributed by atoms with E-state index in [4.69, 9.17) is 11.6 Å². The van der Waals surface area contributed by atoms with Gasteiger partial charge in [-0.2, -0.15) is 11.3 Å². The molecule has 0 radical (unpaired) electrons. The van der Waals surface area contributed by atoms with Crippen molar-refractivity contribution in [2.45, 2.75) is 6.42 Å². The van der Waals surface area contributed by atoms with Gasteiger partial charge < -0.3 is 9.80 Å². The fourth-order valence-corrected chi connectivity index (χ4v) is 2.95. The topological polar surface area (TPSA) is 23.6 Å². The summed E-state index contributed by atoms with van der Waals surface area (Å²) < 4.78 is 0. The minimum atomic E-state index is 0.166. The van der Waals surface area contributed by atoms with E-state index < -0.39 is 0 Å². The van der Waals surface area contributed by atoms with Crippen LogP contribution < -0.4 is 0 Å². The molecule has 3 nitrogen and oxygen atoms in total. The maximum Gasteiger partial charge on any atom is 0.254 e. The Bertz CT molecular complexity index is 355. The van der Waals surface area contributed by atoms with Gasteiger partial charge in [0.15, 0.2) is 0 Å². The molecule has 0 N–H and O–H groups in total.